The summed E-state index contributed by atoms with van der Waals surface area (Å²) in [6.07, 6.45) is 0. The molecule has 0 unspecified atom stereocenters. The van der Waals surface area contributed by atoms with Gasteiger partial charge in [0.15, 0.2) is 0 Å². The van der Waals surface area contributed by atoms with Gasteiger partial charge in [-0.3, -0.25) is 0 Å². The van der Waals surface area contributed by atoms with Gasteiger partial charge in [0.25, 0.3) is 0 Å². The lowest BCUT2D eigenvalue weighted by molar-refractivity contribution is 0.631. The highest BCUT2D eigenvalue weighted by atomic mass is 79.9. The van der Waals surface area contributed by atoms with E-state index in [1.54, 1.807) is 12.1 Å². The van der Waals surface area contributed by atoms with Crippen LogP contribution in [0.4, 0.5) is 15.8 Å². The van der Waals surface area contributed by atoms with Crippen LogP contribution in [-0.4, -0.2) is 0 Å². The van der Waals surface area contributed by atoms with Gasteiger partial charge in [-0.1, -0.05) is 15.9 Å². The minimum Gasteiger partial charge on any atom is -0.353 e. The highest BCUT2D eigenvalue weighted by molar-refractivity contribution is 9.10. The number of rotatable bonds is 2. The highest BCUT2D eigenvalue weighted by Crippen LogP contribution is 2.25. The number of benzene rings is 2. The molecule has 0 amide bonds. The largest absolute Gasteiger partial charge is 0.353 e. The quantitative estimate of drug-likeness (QED) is 0.886. The molecule has 0 saturated carbocycles. The molecular formula is C14H10BrFN2. The van der Waals surface area contributed by atoms with Crippen LogP contribution in [-0.2, 0) is 0 Å². The lowest BCUT2D eigenvalue weighted by Gasteiger charge is -2.10. The van der Waals surface area contributed by atoms with Crippen LogP contribution >= 0.6 is 15.9 Å². The molecule has 18 heavy (non-hydrogen) atoms. The first-order chi connectivity index (χ1) is 8.60. The topological polar surface area (TPSA) is 35.8 Å². The van der Waals surface area contributed by atoms with Crippen molar-refractivity contribution in [2.24, 2.45) is 0 Å². The number of hydrogen-bond acceptors (Lipinski definition) is 2. The molecule has 0 aromatic heterocycles. The normalized spacial score (nSPS) is 9.89. The predicted molar refractivity (Wildman–Crippen MR) is 73.3 cm³/mol. The lowest BCUT2D eigenvalue weighted by atomic mass is 10.1. The minimum atomic E-state index is -0.434. The molecule has 0 aliphatic carbocycles. The van der Waals surface area contributed by atoms with E-state index in [-0.39, 0.29) is 0 Å². The molecule has 0 saturated heterocycles. The van der Waals surface area contributed by atoms with Gasteiger partial charge in [-0.2, -0.15) is 5.26 Å². The van der Waals surface area contributed by atoms with Crippen molar-refractivity contribution in [1.82, 2.24) is 0 Å². The summed E-state index contributed by atoms with van der Waals surface area (Å²) in [4.78, 5) is 0. The first-order valence-corrected chi connectivity index (χ1v) is 6.12. The Bertz CT molecular complexity index is 632. The van der Waals surface area contributed by atoms with E-state index in [1.807, 2.05) is 31.2 Å². The smallest absolute Gasteiger partial charge is 0.147 e. The zero-order valence-electron chi connectivity index (χ0n) is 9.67. The zero-order chi connectivity index (χ0) is 13.1. The maximum absolute atomic E-state index is 13.7. The van der Waals surface area contributed by atoms with Gasteiger partial charge in [-0.15, -0.1) is 0 Å². The molecule has 0 aliphatic heterocycles. The zero-order valence-corrected chi connectivity index (χ0v) is 11.3. The number of nitriles is 1. The number of hydrogen-bond donors (Lipinski definition) is 1. The molecule has 90 valence electrons. The molecule has 4 heteroatoms. The van der Waals surface area contributed by atoms with Crippen LogP contribution in [0.5, 0.6) is 0 Å². The van der Waals surface area contributed by atoms with Crippen LogP contribution in [0.15, 0.2) is 40.9 Å². The first-order valence-electron chi connectivity index (χ1n) is 5.33. The van der Waals surface area contributed by atoms with Gasteiger partial charge in [0, 0.05) is 10.2 Å². The van der Waals surface area contributed by atoms with E-state index in [2.05, 4.69) is 21.2 Å². The molecular weight excluding hydrogens is 295 g/mol. The molecule has 0 spiro atoms. The Kier molecular flexibility index (Phi) is 3.63. The van der Waals surface area contributed by atoms with E-state index >= 15 is 0 Å². The van der Waals surface area contributed by atoms with Crippen molar-refractivity contribution < 1.29 is 4.39 Å². The first kappa shape index (κ1) is 12.6. The van der Waals surface area contributed by atoms with Gasteiger partial charge in [0.2, 0.25) is 0 Å². The second kappa shape index (κ2) is 5.19. The second-order valence-electron chi connectivity index (χ2n) is 3.89. The molecule has 1 N–H and O–H groups in total. The van der Waals surface area contributed by atoms with Crippen molar-refractivity contribution in [3.8, 4) is 6.07 Å². The summed E-state index contributed by atoms with van der Waals surface area (Å²) >= 11 is 3.38. The summed E-state index contributed by atoms with van der Waals surface area (Å²) < 4.78 is 14.7. The molecule has 0 fully saturated rings. The molecule has 0 radical (unpaired) electrons. The van der Waals surface area contributed by atoms with Crippen molar-refractivity contribution in [3.63, 3.8) is 0 Å². The Hall–Kier alpha value is -1.86. The number of nitrogens with zero attached hydrogens (tertiary/aromatic N) is 1. The third kappa shape index (κ3) is 2.69. The molecule has 0 atom stereocenters. The van der Waals surface area contributed by atoms with Crippen LogP contribution < -0.4 is 5.32 Å². The summed E-state index contributed by atoms with van der Waals surface area (Å²) in [5.74, 6) is -0.434. The van der Waals surface area contributed by atoms with Gasteiger partial charge in [0.05, 0.1) is 17.3 Å². The average molecular weight is 305 g/mol. The number of anilines is 2. The Morgan fingerprint density at radius 1 is 1.17 bits per heavy atom. The van der Waals surface area contributed by atoms with Gasteiger partial charge in [0.1, 0.15) is 5.82 Å². The van der Waals surface area contributed by atoms with E-state index in [4.69, 9.17) is 5.26 Å². The van der Waals surface area contributed by atoms with Crippen molar-refractivity contribution in [1.29, 1.82) is 5.26 Å². The van der Waals surface area contributed by atoms with Crippen LogP contribution in [0.25, 0.3) is 0 Å². The molecule has 0 aliphatic rings. The van der Waals surface area contributed by atoms with Crippen molar-refractivity contribution >= 4 is 27.3 Å². The standard InChI is InChI=1S/C14H10BrFN2/c1-9-6-11(15)3-5-13(9)18-14-4-2-10(8-17)7-12(14)16/h2-7,18H,1H3. The van der Waals surface area contributed by atoms with Gasteiger partial charge in [-0.25, -0.2) is 4.39 Å². The van der Waals surface area contributed by atoms with E-state index in [1.165, 1.54) is 6.07 Å². The number of aryl methyl sites for hydroxylation is 1. The minimum absolute atomic E-state index is 0.311. The fourth-order valence-corrected chi connectivity index (χ4v) is 2.07. The summed E-state index contributed by atoms with van der Waals surface area (Å²) in [5.41, 5.74) is 2.51. The second-order valence-corrected chi connectivity index (χ2v) is 4.81. The average Bonchev–Trinajstić information content (AvgIpc) is 2.34. The summed E-state index contributed by atoms with van der Waals surface area (Å²) in [6, 6.07) is 12.0. The monoisotopic (exact) mass is 304 g/mol. The number of halogens is 2. The maximum Gasteiger partial charge on any atom is 0.147 e. The third-order valence-electron chi connectivity index (χ3n) is 2.56. The SMILES string of the molecule is Cc1cc(Br)ccc1Nc1ccc(C#N)cc1F. The lowest BCUT2D eigenvalue weighted by Crippen LogP contribution is -1.96. The van der Waals surface area contributed by atoms with Crippen LogP contribution in [0.1, 0.15) is 11.1 Å². The fraction of sp³-hybridized carbons (Fsp3) is 0.0714. The van der Waals surface area contributed by atoms with Crippen molar-refractivity contribution in [3.05, 3.63) is 57.8 Å². The van der Waals surface area contributed by atoms with Gasteiger partial charge < -0.3 is 5.32 Å². The van der Waals surface area contributed by atoms with Gasteiger partial charge in [-0.05, 0) is 48.9 Å². The molecule has 0 bridgehead atoms. The van der Waals surface area contributed by atoms with Crippen molar-refractivity contribution in [2.75, 3.05) is 5.32 Å². The maximum atomic E-state index is 13.7. The molecule has 0 heterocycles. The molecule has 2 aromatic rings. The Balaban J connectivity index is 2.32. The summed E-state index contributed by atoms with van der Waals surface area (Å²) in [7, 11) is 0. The van der Waals surface area contributed by atoms with E-state index in [0.717, 1.165) is 15.7 Å². The van der Waals surface area contributed by atoms with Crippen molar-refractivity contribution in [2.45, 2.75) is 6.92 Å². The predicted octanol–water partition coefficient (Wildman–Crippen LogP) is 4.51. The van der Waals surface area contributed by atoms with Crippen LogP contribution in [0.3, 0.4) is 0 Å². The van der Waals surface area contributed by atoms with E-state index in [0.29, 0.717) is 11.3 Å². The summed E-state index contributed by atoms with van der Waals surface area (Å²) in [6.45, 7) is 1.94. The molecule has 2 aromatic carbocycles. The number of nitrogens with one attached hydrogen (secondary N) is 1. The van der Waals surface area contributed by atoms with E-state index < -0.39 is 5.82 Å². The molecule has 2 rings (SSSR count). The highest BCUT2D eigenvalue weighted by Gasteiger charge is 2.05. The van der Waals surface area contributed by atoms with Gasteiger partial charge >= 0.3 is 0 Å². The fourth-order valence-electron chi connectivity index (χ4n) is 1.60. The van der Waals surface area contributed by atoms with Crippen LogP contribution in [0.2, 0.25) is 0 Å². The Labute approximate surface area is 113 Å². The third-order valence-corrected chi connectivity index (χ3v) is 3.05. The summed E-state index contributed by atoms with van der Waals surface area (Å²) in [5, 5.41) is 11.7. The molecule has 2 nitrogen and oxygen atoms in total. The van der Waals surface area contributed by atoms with E-state index in [9.17, 15) is 4.39 Å². The van der Waals surface area contributed by atoms with Crippen LogP contribution in [0, 0.1) is 24.1 Å². The Morgan fingerprint density at radius 3 is 2.50 bits per heavy atom. The Morgan fingerprint density at radius 2 is 1.89 bits per heavy atom.